The highest BCUT2D eigenvalue weighted by atomic mass is 32.2. The number of hydrogen-bond acceptors (Lipinski definition) is 4. The van der Waals surface area contributed by atoms with Crippen molar-refractivity contribution >= 4 is 15.7 Å². The van der Waals surface area contributed by atoms with E-state index in [2.05, 4.69) is 28.2 Å². The van der Waals surface area contributed by atoms with Crippen LogP contribution < -0.4 is 14.8 Å². The van der Waals surface area contributed by atoms with Gasteiger partial charge >= 0.3 is 0 Å². The minimum atomic E-state index is -3.27. The van der Waals surface area contributed by atoms with Crippen molar-refractivity contribution in [3.8, 4) is 5.75 Å². The highest BCUT2D eigenvalue weighted by Crippen LogP contribution is 2.28. The Hall–Kier alpha value is -1.27. The number of rotatable bonds is 7. The molecule has 29 heavy (non-hydrogen) atoms. The second-order valence-electron chi connectivity index (χ2n) is 9.74. The van der Waals surface area contributed by atoms with Gasteiger partial charge in [0.15, 0.2) is 0 Å². The largest absolute Gasteiger partial charge is 0.490 e. The Morgan fingerprint density at radius 3 is 2.34 bits per heavy atom. The molecule has 164 valence electrons. The molecule has 0 spiro atoms. The Morgan fingerprint density at radius 1 is 1.00 bits per heavy atom. The Bertz CT molecular complexity index is 744. The highest BCUT2D eigenvalue weighted by Gasteiger charge is 2.32. The number of sulfonamides is 1. The van der Waals surface area contributed by atoms with Crippen LogP contribution >= 0.6 is 0 Å². The summed E-state index contributed by atoms with van der Waals surface area (Å²) in [6, 6.07) is 8.38. The lowest BCUT2D eigenvalue weighted by Crippen LogP contribution is -2.46. The molecule has 2 fully saturated rings. The summed E-state index contributed by atoms with van der Waals surface area (Å²) in [5.41, 5.74) is 1.11. The molecule has 0 saturated heterocycles. The molecule has 2 N–H and O–H groups in total. The van der Waals surface area contributed by atoms with Crippen LogP contribution in [0.25, 0.3) is 0 Å². The summed E-state index contributed by atoms with van der Waals surface area (Å²) in [5, 5.41) is 3.56. The van der Waals surface area contributed by atoms with Gasteiger partial charge in [-0.25, -0.2) is 13.1 Å². The van der Waals surface area contributed by atoms with E-state index in [0.717, 1.165) is 43.7 Å². The predicted molar refractivity (Wildman–Crippen MR) is 120 cm³/mol. The van der Waals surface area contributed by atoms with Crippen molar-refractivity contribution in [2.45, 2.75) is 95.5 Å². The monoisotopic (exact) mass is 422 g/mol. The summed E-state index contributed by atoms with van der Waals surface area (Å²) in [7, 11) is -3.27. The summed E-state index contributed by atoms with van der Waals surface area (Å²) in [5.74, 6) is 1.54. The van der Waals surface area contributed by atoms with Crippen LogP contribution in [0.2, 0.25) is 0 Å². The molecule has 0 unspecified atom stereocenters. The molecule has 2 saturated carbocycles. The first-order chi connectivity index (χ1) is 13.7. The van der Waals surface area contributed by atoms with Gasteiger partial charge in [0.25, 0.3) is 0 Å². The van der Waals surface area contributed by atoms with Gasteiger partial charge in [-0.05, 0) is 90.2 Å². The zero-order chi connectivity index (χ0) is 20.9. The number of nitrogens with one attached hydrogen (secondary N) is 2. The first kappa shape index (κ1) is 22.4. The zero-order valence-electron chi connectivity index (χ0n) is 18.2. The van der Waals surface area contributed by atoms with E-state index >= 15 is 0 Å². The fraction of sp³-hybridized carbons (Fsp3) is 0.739. The SMILES string of the molecule is CC(C)(C)S(=O)(=O)N[C@H]1CC[C@H](CNc2cccc(OC3CCCCC3)c2)CC1. The Morgan fingerprint density at radius 2 is 1.69 bits per heavy atom. The van der Waals surface area contributed by atoms with Gasteiger partial charge in [0.2, 0.25) is 10.0 Å². The Labute approximate surface area is 177 Å². The third-order valence-corrected chi connectivity index (χ3v) is 8.51. The van der Waals surface area contributed by atoms with Gasteiger partial charge in [0, 0.05) is 24.3 Å². The van der Waals surface area contributed by atoms with E-state index in [4.69, 9.17) is 4.74 Å². The molecule has 6 heteroatoms. The van der Waals surface area contributed by atoms with Gasteiger partial charge in [0.1, 0.15) is 5.75 Å². The van der Waals surface area contributed by atoms with Gasteiger partial charge in [0.05, 0.1) is 10.9 Å². The minimum absolute atomic E-state index is 0.0719. The lowest BCUT2D eigenvalue weighted by atomic mass is 9.86. The number of benzene rings is 1. The van der Waals surface area contributed by atoms with Crippen LogP contribution in [0, 0.1) is 5.92 Å². The van der Waals surface area contributed by atoms with Crippen LogP contribution in [0.3, 0.4) is 0 Å². The molecule has 1 aromatic rings. The molecule has 0 heterocycles. The van der Waals surface area contributed by atoms with E-state index < -0.39 is 14.8 Å². The van der Waals surface area contributed by atoms with Crippen molar-refractivity contribution in [3.05, 3.63) is 24.3 Å². The van der Waals surface area contributed by atoms with Crippen molar-refractivity contribution in [2.24, 2.45) is 5.92 Å². The minimum Gasteiger partial charge on any atom is -0.490 e. The van der Waals surface area contributed by atoms with Crippen molar-refractivity contribution in [2.75, 3.05) is 11.9 Å². The van der Waals surface area contributed by atoms with Crippen LogP contribution in [-0.2, 0) is 10.0 Å². The smallest absolute Gasteiger partial charge is 0.216 e. The molecule has 0 bridgehead atoms. The van der Waals surface area contributed by atoms with E-state index in [-0.39, 0.29) is 6.04 Å². The summed E-state index contributed by atoms with van der Waals surface area (Å²) in [6.45, 7) is 6.16. The van der Waals surface area contributed by atoms with Gasteiger partial charge < -0.3 is 10.1 Å². The summed E-state index contributed by atoms with van der Waals surface area (Å²) in [4.78, 5) is 0. The summed E-state index contributed by atoms with van der Waals surface area (Å²) >= 11 is 0. The fourth-order valence-electron chi connectivity index (χ4n) is 4.20. The van der Waals surface area contributed by atoms with Gasteiger partial charge in [-0.3, -0.25) is 0 Å². The van der Waals surface area contributed by atoms with Gasteiger partial charge in [-0.2, -0.15) is 0 Å². The maximum Gasteiger partial charge on any atom is 0.216 e. The first-order valence-corrected chi connectivity index (χ1v) is 12.7. The molecule has 0 atom stereocenters. The van der Waals surface area contributed by atoms with Crippen LogP contribution in [0.15, 0.2) is 24.3 Å². The molecule has 0 radical (unpaired) electrons. The van der Waals surface area contributed by atoms with E-state index in [1.54, 1.807) is 20.8 Å². The van der Waals surface area contributed by atoms with Crippen molar-refractivity contribution in [1.29, 1.82) is 0 Å². The van der Waals surface area contributed by atoms with Crippen LogP contribution in [0.5, 0.6) is 5.75 Å². The number of ether oxygens (including phenoxy) is 1. The topological polar surface area (TPSA) is 67.4 Å². The molecule has 0 aromatic heterocycles. The molecule has 0 aliphatic heterocycles. The maximum absolute atomic E-state index is 12.4. The van der Waals surface area contributed by atoms with Crippen molar-refractivity contribution in [1.82, 2.24) is 4.72 Å². The average molecular weight is 423 g/mol. The van der Waals surface area contributed by atoms with Gasteiger partial charge in [-0.1, -0.05) is 12.5 Å². The van der Waals surface area contributed by atoms with E-state index in [0.29, 0.717) is 12.0 Å². The summed E-state index contributed by atoms with van der Waals surface area (Å²) < 4.78 is 33.0. The second kappa shape index (κ2) is 9.69. The summed E-state index contributed by atoms with van der Waals surface area (Å²) in [6.07, 6.45) is 10.5. The van der Waals surface area contributed by atoms with E-state index in [1.807, 2.05) is 6.07 Å². The lowest BCUT2D eigenvalue weighted by molar-refractivity contribution is 0.155. The Kier molecular flexibility index (Phi) is 7.49. The molecule has 3 rings (SSSR count). The second-order valence-corrected chi connectivity index (χ2v) is 12.2. The normalized spacial score (nSPS) is 24.2. The molecule has 1 aromatic carbocycles. The van der Waals surface area contributed by atoms with E-state index in [9.17, 15) is 8.42 Å². The van der Waals surface area contributed by atoms with E-state index in [1.165, 1.54) is 32.1 Å². The third-order valence-electron chi connectivity index (χ3n) is 6.26. The van der Waals surface area contributed by atoms with Crippen LogP contribution in [-0.4, -0.2) is 31.9 Å². The third kappa shape index (κ3) is 6.61. The molecule has 0 amide bonds. The molecular weight excluding hydrogens is 384 g/mol. The first-order valence-electron chi connectivity index (χ1n) is 11.3. The van der Waals surface area contributed by atoms with Crippen molar-refractivity contribution < 1.29 is 13.2 Å². The van der Waals surface area contributed by atoms with Crippen LogP contribution in [0.1, 0.15) is 78.6 Å². The standard InChI is InChI=1S/C23H38N2O3S/c1-23(2,3)29(26,27)25-19-14-12-18(13-15-19)17-24-20-8-7-11-22(16-20)28-21-9-5-4-6-10-21/h7-8,11,16,18-19,21,24-25H,4-6,9-10,12-15,17H2,1-3H3/t18-,19-. The average Bonchev–Trinajstić information content (AvgIpc) is 2.67. The lowest BCUT2D eigenvalue weighted by Gasteiger charge is -2.31. The predicted octanol–water partition coefficient (Wildman–Crippen LogP) is 5.09. The molecule has 2 aliphatic rings. The highest BCUT2D eigenvalue weighted by molar-refractivity contribution is 7.90. The zero-order valence-corrected chi connectivity index (χ0v) is 19.1. The molecular formula is C23H38N2O3S. The number of anilines is 1. The molecule has 2 aliphatic carbocycles. The molecule has 5 nitrogen and oxygen atoms in total. The Balaban J connectivity index is 1.43. The quantitative estimate of drug-likeness (QED) is 0.642. The van der Waals surface area contributed by atoms with Crippen molar-refractivity contribution in [3.63, 3.8) is 0 Å². The maximum atomic E-state index is 12.4. The van der Waals surface area contributed by atoms with Crippen LogP contribution in [0.4, 0.5) is 5.69 Å². The fourth-order valence-corrected chi connectivity index (χ4v) is 5.23. The number of hydrogen-bond donors (Lipinski definition) is 2. The van der Waals surface area contributed by atoms with Gasteiger partial charge in [-0.15, -0.1) is 0 Å².